The summed E-state index contributed by atoms with van der Waals surface area (Å²) in [5, 5.41) is 12.4. The summed E-state index contributed by atoms with van der Waals surface area (Å²) in [6.45, 7) is 1.74. The molecule has 0 unspecified atom stereocenters. The summed E-state index contributed by atoms with van der Waals surface area (Å²) in [7, 11) is 3.14. The van der Waals surface area contributed by atoms with Gasteiger partial charge in [0.15, 0.2) is 5.89 Å². The molecule has 1 aliphatic heterocycles. The van der Waals surface area contributed by atoms with E-state index in [0.717, 1.165) is 5.56 Å². The van der Waals surface area contributed by atoms with Crippen LogP contribution in [-0.4, -0.2) is 19.2 Å². The maximum absolute atomic E-state index is 9.53. The lowest BCUT2D eigenvalue weighted by Crippen LogP contribution is -2.22. The molecule has 2 heterocycles. The molecule has 0 fully saturated rings. The van der Waals surface area contributed by atoms with Crippen LogP contribution in [0.1, 0.15) is 23.1 Å². The van der Waals surface area contributed by atoms with Crippen LogP contribution in [0.15, 0.2) is 34.0 Å². The molecule has 0 radical (unpaired) electrons. The molecule has 7 nitrogen and oxygen atoms in total. The fourth-order valence-electron chi connectivity index (χ4n) is 2.66. The normalized spacial score (nSPS) is 16.3. The Labute approximate surface area is 133 Å². The Kier molecular flexibility index (Phi) is 3.58. The number of benzene rings is 1. The summed E-state index contributed by atoms with van der Waals surface area (Å²) >= 11 is 0. The third-order valence-corrected chi connectivity index (χ3v) is 3.69. The molecule has 0 amide bonds. The van der Waals surface area contributed by atoms with Gasteiger partial charge in [-0.2, -0.15) is 5.26 Å². The van der Waals surface area contributed by atoms with Crippen LogP contribution >= 0.6 is 0 Å². The SMILES string of the molecule is COc1cc(OC)cc([C@H]2C(C#N)=C(N)Nc3oc(C)nc32)c1. The number of nitrogens with two attached hydrogens (primary N) is 1. The summed E-state index contributed by atoms with van der Waals surface area (Å²) in [6.07, 6.45) is 0. The number of nitrogens with zero attached hydrogens (tertiary/aromatic N) is 2. The number of ether oxygens (including phenoxy) is 2. The summed E-state index contributed by atoms with van der Waals surface area (Å²) in [6, 6.07) is 7.58. The number of oxazole rings is 1. The second-order valence-electron chi connectivity index (χ2n) is 5.09. The number of allylic oxidation sites excluding steroid dienone is 1. The Morgan fingerprint density at radius 3 is 2.48 bits per heavy atom. The minimum atomic E-state index is -0.447. The first-order chi connectivity index (χ1) is 11.1. The Balaban J connectivity index is 2.22. The van der Waals surface area contributed by atoms with Gasteiger partial charge in [0, 0.05) is 13.0 Å². The zero-order chi connectivity index (χ0) is 16.6. The highest BCUT2D eigenvalue weighted by Crippen LogP contribution is 2.42. The van der Waals surface area contributed by atoms with Gasteiger partial charge < -0.3 is 24.9 Å². The number of anilines is 1. The maximum Gasteiger partial charge on any atom is 0.223 e. The molecule has 3 N–H and O–H groups in total. The van der Waals surface area contributed by atoms with Crippen molar-refractivity contribution in [3.8, 4) is 17.6 Å². The van der Waals surface area contributed by atoms with E-state index in [1.807, 2.05) is 12.1 Å². The van der Waals surface area contributed by atoms with Gasteiger partial charge in [0.25, 0.3) is 0 Å². The number of hydrogen-bond donors (Lipinski definition) is 2. The van der Waals surface area contributed by atoms with E-state index in [-0.39, 0.29) is 5.82 Å². The van der Waals surface area contributed by atoms with Crippen LogP contribution < -0.4 is 20.5 Å². The summed E-state index contributed by atoms with van der Waals surface area (Å²) < 4.78 is 16.1. The molecule has 0 bridgehead atoms. The molecule has 118 valence electrons. The molecule has 1 aromatic carbocycles. The van der Waals surface area contributed by atoms with Crippen molar-refractivity contribution in [2.75, 3.05) is 19.5 Å². The number of nitrogens with one attached hydrogen (secondary N) is 1. The fourth-order valence-corrected chi connectivity index (χ4v) is 2.66. The molecule has 2 aromatic rings. The molecular formula is C16H16N4O3. The minimum Gasteiger partial charge on any atom is -0.497 e. The lowest BCUT2D eigenvalue weighted by atomic mass is 9.86. The smallest absolute Gasteiger partial charge is 0.223 e. The van der Waals surface area contributed by atoms with Crippen molar-refractivity contribution in [2.45, 2.75) is 12.8 Å². The van der Waals surface area contributed by atoms with Gasteiger partial charge in [0.1, 0.15) is 23.0 Å². The van der Waals surface area contributed by atoms with E-state index >= 15 is 0 Å². The molecule has 0 aliphatic carbocycles. The highest BCUT2D eigenvalue weighted by molar-refractivity contribution is 5.62. The van der Waals surface area contributed by atoms with E-state index in [1.54, 1.807) is 27.2 Å². The van der Waals surface area contributed by atoms with E-state index in [9.17, 15) is 5.26 Å². The van der Waals surface area contributed by atoms with Crippen molar-refractivity contribution in [3.63, 3.8) is 0 Å². The molecule has 23 heavy (non-hydrogen) atoms. The van der Waals surface area contributed by atoms with Crippen molar-refractivity contribution in [1.82, 2.24) is 4.98 Å². The third-order valence-electron chi connectivity index (χ3n) is 3.69. The molecule has 1 aromatic heterocycles. The Morgan fingerprint density at radius 2 is 1.91 bits per heavy atom. The van der Waals surface area contributed by atoms with Crippen molar-refractivity contribution < 1.29 is 13.9 Å². The number of fused-ring (bicyclic) bond motifs is 1. The van der Waals surface area contributed by atoms with Gasteiger partial charge in [-0.05, 0) is 17.7 Å². The quantitative estimate of drug-likeness (QED) is 0.895. The molecular weight excluding hydrogens is 296 g/mol. The van der Waals surface area contributed by atoms with Crippen LogP contribution in [0.5, 0.6) is 11.5 Å². The number of aryl methyl sites for hydroxylation is 1. The van der Waals surface area contributed by atoms with Crippen LogP contribution in [0.3, 0.4) is 0 Å². The average Bonchev–Trinajstić information content (AvgIpc) is 2.92. The van der Waals surface area contributed by atoms with E-state index < -0.39 is 5.92 Å². The highest BCUT2D eigenvalue weighted by Gasteiger charge is 2.33. The van der Waals surface area contributed by atoms with Crippen LogP contribution in [0, 0.1) is 18.3 Å². The molecule has 1 atom stereocenters. The Morgan fingerprint density at radius 1 is 1.26 bits per heavy atom. The Hall–Kier alpha value is -3.14. The van der Waals surface area contributed by atoms with Gasteiger partial charge in [-0.3, -0.25) is 0 Å². The lowest BCUT2D eigenvalue weighted by molar-refractivity contribution is 0.393. The predicted octanol–water partition coefficient (Wildman–Crippen LogP) is 2.25. The average molecular weight is 312 g/mol. The van der Waals surface area contributed by atoms with Gasteiger partial charge in [-0.25, -0.2) is 4.98 Å². The standard InChI is InChI=1S/C16H16N4O3/c1-8-19-14-13(12(7-17)15(18)20-16(14)23-8)9-4-10(21-2)6-11(5-9)22-3/h4-6,13,20H,18H2,1-3H3/t13-/m0/s1. The van der Waals surface area contributed by atoms with E-state index in [2.05, 4.69) is 16.4 Å². The first-order valence-corrected chi connectivity index (χ1v) is 6.94. The van der Waals surface area contributed by atoms with E-state index in [1.165, 1.54) is 0 Å². The topological polar surface area (TPSA) is 106 Å². The molecule has 7 heteroatoms. The van der Waals surface area contributed by atoms with Crippen LogP contribution in [0.4, 0.5) is 5.88 Å². The van der Waals surface area contributed by atoms with Crippen LogP contribution in [0.2, 0.25) is 0 Å². The minimum absolute atomic E-state index is 0.253. The van der Waals surface area contributed by atoms with Crippen molar-refractivity contribution in [2.24, 2.45) is 5.73 Å². The molecule has 1 aliphatic rings. The summed E-state index contributed by atoms with van der Waals surface area (Å²) in [5.41, 5.74) is 7.76. The first-order valence-electron chi connectivity index (χ1n) is 6.94. The monoisotopic (exact) mass is 312 g/mol. The summed E-state index contributed by atoms with van der Waals surface area (Å²) in [4.78, 5) is 4.40. The number of rotatable bonds is 3. The van der Waals surface area contributed by atoms with Crippen molar-refractivity contribution in [1.29, 1.82) is 5.26 Å². The highest BCUT2D eigenvalue weighted by atomic mass is 16.5. The van der Waals surface area contributed by atoms with Gasteiger partial charge in [-0.1, -0.05) is 0 Å². The zero-order valence-electron chi connectivity index (χ0n) is 13.0. The largest absolute Gasteiger partial charge is 0.497 e. The van der Waals surface area contributed by atoms with Gasteiger partial charge >= 0.3 is 0 Å². The van der Waals surface area contributed by atoms with E-state index in [4.69, 9.17) is 19.6 Å². The maximum atomic E-state index is 9.53. The summed E-state index contributed by atoms with van der Waals surface area (Å²) in [5.74, 6) is 1.99. The number of hydrogen-bond acceptors (Lipinski definition) is 7. The van der Waals surface area contributed by atoms with Gasteiger partial charge in [-0.15, -0.1) is 0 Å². The van der Waals surface area contributed by atoms with Gasteiger partial charge in [0.05, 0.1) is 31.8 Å². The molecule has 0 saturated carbocycles. The molecule has 0 saturated heterocycles. The number of aromatic nitrogens is 1. The van der Waals surface area contributed by atoms with Crippen molar-refractivity contribution in [3.05, 3.63) is 46.7 Å². The first kappa shape index (κ1) is 14.8. The number of methoxy groups -OCH3 is 2. The molecule has 3 rings (SSSR count). The second kappa shape index (κ2) is 5.57. The molecule has 0 spiro atoms. The van der Waals surface area contributed by atoms with Crippen molar-refractivity contribution >= 4 is 5.88 Å². The number of nitriles is 1. The van der Waals surface area contributed by atoms with E-state index in [0.29, 0.717) is 34.5 Å². The zero-order valence-corrected chi connectivity index (χ0v) is 13.0. The van der Waals surface area contributed by atoms with Gasteiger partial charge in [0.2, 0.25) is 5.88 Å². The third kappa shape index (κ3) is 2.44. The van der Waals surface area contributed by atoms with Crippen LogP contribution in [0.25, 0.3) is 0 Å². The fraction of sp³-hybridized carbons (Fsp3) is 0.250. The van der Waals surface area contributed by atoms with Crippen LogP contribution in [-0.2, 0) is 0 Å². The predicted molar refractivity (Wildman–Crippen MR) is 83.1 cm³/mol. The lowest BCUT2D eigenvalue weighted by Gasteiger charge is -2.23. The Bertz CT molecular complexity index is 810. The second-order valence-corrected chi connectivity index (χ2v) is 5.09.